The number of fused-ring (bicyclic) bond motifs is 1. The van der Waals surface area contributed by atoms with E-state index in [1.807, 2.05) is 31.7 Å². The molecule has 0 aliphatic heterocycles. The van der Waals surface area contributed by atoms with Gasteiger partial charge in [-0.15, -0.1) is 11.8 Å². The fourth-order valence-corrected chi connectivity index (χ4v) is 4.77. The van der Waals surface area contributed by atoms with Crippen molar-refractivity contribution in [1.82, 2.24) is 14.5 Å². The molecule has 2 aromatic heterocycles. The van der Waals surface area contributed by atoms with Crippen LogP contribution in [0.4, 0.5) is 11.6 Å². The molecule has 1 aliphatic rings. The smallest absolute Gasteiger partial charge is 0.271 e. The molecule has 0 spiro atoms. The van der Waals surface area contributed by atoms with Crippen LogP contribution in [-0.4, -0.2) is 20.3 Å². The van der Waals surface area contributed by atoms with Gasteiger partial charge in [-0.25, -0.2) is 4.98 Å². The summed E-state index contributed by atoms with van der Waals surface area (Å²) >= 11 is 8.01. The molecule has 0 saturated heterocycles. The van der Waals surface area contributed by atoms with E-state index < -0.39 is 0 Å². The van der Waals surface area contributed by atoms with Crippen molar-refractivity contribution in [3.05, 3.63) is 51.4 Å². The predicted octanol–water partition coefficient (Wildman–Crippen LogP) is 6.75. The molecule has 1 aliphatic carbocycles. The van der Waals surface area contributed by atoms with E-state index in [1.54, 1.807) is 16.8 Å². The van der Waals surface area contributed by atoms with E-state index in [0.29, 0.717) is 11.6 Å². The molecule has 7 heteroatoms. The van der Waals surface area contributed by atoms with E-state index in [2.05, 4.69) is 36.3 Å². The van der Waals surface area contributed by atoms with Gasteiger partial charge in [0.1, 0.15) is 10.7 Å². The number of hydrogen-bond acceptors (Lipinski definition) is 5. The van der Waals surface area contributed by atoms with Crippen LogP contribution in [0.25, 0.3) is 11.0 Å². The summed E-state index contributed by atoms with van der Waals surface area (Å²) in [6.07, 6.45) is 5.96. The van der Waals surface area contributed by atoms with Gasteiger partial charge in [0.25, 0.3) is 5.56 Å². The van der Waals surface area contributed by atoms with Gasteiger partial charge in [-0.05, 0) is 55.3 Å². The van der Waals surface area contributed by atoms with Crippen molar-refractivity contribution in [1.29, 1.82) is 0 Å². The van der Waals surface area contributed by atoms with Crippen molar-refractivity contribution in [2.75, 3.05) is 11.1 Å². The molecular formula is C23H29ClN4OS. The number of nitrogens with one attached hydrogen (secondary N) is 1. The summed E-state index contributed by atoms with van der Waals surface area (Å²) in [4.78, 5) is 23.1. The highest BCUT2D eigenvalue weighted by Gasteiger charge is 2.22. The van der Waals surface area contributed by atoms with Crippen molar-refractivity contribution < 1.29 is 0 Å². The van der Waals surface area contributed by atoms with Gasteiger partial charge >= 0.3 is 0 Å². The lowest BCUT2D eigenvalue weighted by Crippen LogP contribution is -2.25. The maximum absolute atomic E-state index is 12.7. The molecule has 1 saturated carbocycles. The lowest BCUT2D eigenvalue weighted by Gasteiger charge is -2.17. The fraction of sp³-hybridized carbons (Fsp3) is 0.435. The molecule has 3 aromatic rings. The van der Waals surface area contributed by atoms with E-state index in [9.17, 15) is 4.79 Å². The van der Waals surface area contributed by atoms with E-state index in [4.69, 9.17) is 16.6 Å². The van der Waals surface area contributed by atoms with E-state index in [-0.39, 0.29) is 16.6 Å². The molecule has 1 fully saturated rings. The van der Waals surface area contributed by atoms with Crippen LogP contribution >= 0.6 is 23.4 Å². The van der Waals surface area contributed by atoms with Gasteiger partial charge in [-0.1, -0.05) is 45.2 Å². The Labute approximate surface area is 187 Å². The Balaban J connectivity index is 0.00000124. The number of pyridine rings is 1. The predicted molar refractivity (Wildman–Crippen MR) is 129 cm³/mol. The maximum atomic E-state index is 12.7. The first-order chi connectivity index (χ1) is 14.6. The zero-order valence-electron chi connectivity index (χ0n) is 18.0. The van der Waals surface area contributed by atoms with Crippen LogP contribution in [0.3, 0.4) is 0 Å². The van der Waals surface area contributed by atoms with Crippen LogP contribution in [0, 0.1) is 6.92 Å². The number of nitrogens with zero attached hydrogens (tertiary/aromatic N) is 3. The molecule has 4 rings (SSSR count). The topological polar surface area (TPSA) is 59.8 Å². The Kier molecular flexibility index (Phi) is 7.78. The molecule has 1 aromatic carbocycles. The molecule has 2 heterocycles. The third-order valence-electron chi connectivity index (χ3n) is 5.17. The summed E-state index contributed by atoms with van der Waals surface area (Å²) in [5, 5.41) is 4.32. The second kappa shape index (κ2) is 10.3. The van der Waals surface area contributed by atoms with Gasteiger partial charge in [-0.2, -0.15) is 4.98 Å². The Bertz CT molecular complexity index is 1080. The number of anilines is 2. The van der Waals surface area contributed by atoms with Crippen LogP contribution < -0.4 is 10.9 Å². The van der Waals surface area contributed by atoms with Gasteiger partial charge < -0.3 is 5.32 Å². The van der Waals surface area contributed by atoms with Gasteiger partial charge in [0.2, 0.25) is 5.95 Å². The average molecular weight is 445 g/mol. The van der Waals surface area contributed by atoms with Gasteiger partial charge in [0.15, 0.2) is 0 Å². The Morgan fingerprint density at radius 1 is 1.23 bits per heavy atom. The summed E-state index contributed by atoms with van der Waals surface area (Å²) in [5.41, 5.74) is 2.58. The average Bonchev–Trinajstić information content (AvgIpc) is 3.27. The molecule has 0 unspecified atom stereocenters. The quantitative estimate of drug-likeness (QED) is 0.441. The first-order valence-electron chi connectivity index (χ1n) is 10.6. The van der Waals surface area contributed by atoms with Crippen molar-refractivity contribution in [2.24, 2.45) is 0 Å². The number of halogens is 1. The van der Waals surface area contributed by atoms with Crippen LogP contribution in [0.5, 0.6) is 0 Å². The van der Waals surface area contributed by atoms with Crippen molar-refractivity contribution >= 4 is 46.0 Å². The number of rotatable bonds is 5. The number of thioether (sulfide) groups is 1. The van der Waals surface area contributed by atoms with Crippen molar-refractivity contribution in [3.63, 3.8) is 0 Å². The molecule has 160 valence electrons. The van der Waals surface area contributed by atoms with Crippen LogP contribution in [-0.2, 0) is 0 Å². The minimum Gasteiger partial charge on any atom is -0.324 e. The minimum atomic E-state index is -0.164. The maximum Gasteiger partial charge on any atom is 0.271 e. The summed E-state index contributed by atoms with van der Waals surface area (Å²) in [6, 6.07) is 8.12. The summed E-state index contributed by atoms with van der Waals surface area (Å²) in [7, 11) is 0. The number of hydrogen-bond donors (Lipinski definition) is 1. The summed E-state index contributed by atoms with van der Waals surface area (Å²) in [5.74, 6) is 1.53. The highest BCUT2D eigenvalue weighted by atomic mass is 35.5. The fourth-order valence-electron chi connectivity index (χ4n) is 3.80. The Hall–Kier alpha value is -2.05. The third-order valence-corrected chi connectivity index (χ3v) is 6.32. The lowest BCUT2D eigenvalue weighted by molar-refractivity contribution is 0.516. The first-order valence-corrected chi connectivity index (χ1v) is 12.0. The zero-order chi connectivity index (χ0) is 21.7. The third kappa shape index (κ3) is 4.81. The van der Waals surface area contributed by atoms with E-state index in [0.717, 1.165) is 48.1 Å². The van der Waals surface area contributed by atoms with Crippen molar-refractivity contribution in [3.8, 4) is 0 Å². The van der Waals surface area contributed by atoms with Gasteiger partial charge in [0.05, 0.1) is 0 Å². The van der Waals surface area contributed by atoms with E-state index >= 15 is 0 Å². The SMILES string of the molecule is CC.CCSc1ccc(Nc2ncc3cc(Cl)c(=O)n(C4CCCC4)c3n2)c(C)c1. The number of benzene rings is 1. The molecular weight excluding hydrogens is 416 g/mol. The molecule has 30 heavy (non-hydrogen) atoms. The van der Waals surface area contributed by atoms with Crippen LogP contribution in [0.2, 0.25) is 5.02 Å². The molecule has 0 radical (unpaired) electrons. The molecule has 0 atom stereocenters. The Morgan fingerprint density at radius 2 is 1.97 bits per heavy atom. The highest BCUT2D eigenvalue weighted by molar-refractivity contribution is 7.99. The minimum absolute atomic E-state index is 0.156. The van der Waals surface area contributed by atoms with Gasteiger partial charge in [-0.3, -0.25) is 9.36 Å². The monoisotopic (exact) mass is 444 g/mol. The molecule has 5 nitrogen and oxygen atoms in total. The molecule has 0 amide bonds. The van der Waals surface area contributed by atoms with Crippen molar-refractivity contribution in [2.45, 2.75) is 64.3 Å². The lowest BCUT2D eigenvalue weighted by atomic mass is 10.2. The first kappa shape index (κ1) is 22.6. The summed E-state index contributed by atoms with van der Waals surface area (Å²) in [6.45, 7) is 8.21. The van der Waals surface area contributed by atoms with E-state index in [1.165, 1.54) is 4.90 Å². The molecule has 1 N–H and O–H groups in total. The number of aryl methyl sites for hydroxylation is 1. The largest absolute Gasteiger partial charge is 0.324 e. The second-order valence-electron chi connectivity index (χ2n) is 7.11. The second-order valence-corrected chi connectivity index (χ2v) is 8.86. The standard InChI is InChI=1S/C21H23ClN4OS.C2H6/c1-3-28-16-8-9-18(13(2)10-16)24-21-23-12-14-11-17(22)20(27)26(19(14)25-21)15-6-4-5-7-15;1-2/h8-12,15H,3-7H2,1-2H3,(H,23,24,25);1-2H3. The number of aromatic nitrogens is 3. The molecule has 0 bridgehead atoms. The highest BCUT2D eigenvalue weighted by Crippen LogP contribution is 2.31. The van der Waals surface area contributed by atoms with Crippen LogP contribution in [0.1, 0.15) is 58.1 Å². The normalized spacial score (nSPS) is 13.9. The Morgan fingerprint density at radius 3 is 2.63 bits per heavy atom. The zero-order valence-corrected chi connectivity index (χ0v) is 19.6. The van der Waals surface area contributed by atoms with Crippen LogP contribution in [0.15, 0.2) is 40.2 Å². The van der Waals surface area contributed by atoms with Gasteiger partial charge in [0, 0.05) is 28.2 Å². The summed E-state index contributed by atoms with van der Waals surface area (Å²) < 4.78 is 1.77.